The first-order chi connectivity index (χ1) is 21.7. The van der Waals surface area contributed by atoms with Gasteiger partial charge < -0.3 is 35.1 Å². The first-order valence-electron chi connectivity index (χ1n) is 18.4. The summed E-state index contributed by atoms with van der Waals surface area (Å²) in [5.41, 5.74) is 0. The zero-order valence-corrected chi connectivity index (χ0v) is 32.4. The van der Waals surface area contributed by atoms with Gasteiger partial charge in [0.15, 0.2) is 0 Å². The molecule has 0 aliphatic heterocycles. The van der Waals surface area contributed by atoms with Gasteiger partial charge in [-0.15, -0.1) is 0 Å². The molecule has 3 N–H and O–H groups in total. The molecule has 0 aromatic rings. The van der Waals surface area contributed by atoms with Crippen LogP contribution in [0, 0.1) is 0 Å². The van der Waals surface area contributed by atoms with Crippen molar-refractivity contribution < 1.29 is 35.1 Å². The summed E-state index contributed by atoms with van der Waals surface area (Å²) < 4.78 is 0. The Morgan fingerprint density at radius 3 is 1.15 bits per heavy atom. The number of aliphatic hydroxyl groups excluding tert-OH is 3. The van der Waals surface area contributed by atoms with Crippen LogP contribution in [-0.4, -0.2) is 83.8 Å². The molecule has 7 nitrogen and oxygen atoms in total. The van der Waals surface area contributed by atoms with Crippen LogP contribution in [0.4, 0.5) is 0 Å². The Hall–Kier alpha value is -0.440. The van der Waals surface area contributed by atoms with Crippen LogP contribution in [0.25, 0.3) is 0 Å². The van der Waals surface area contributed by atoms with E-state index in [9.17, 15) is 30.0 Å². The molecule has 0 rings (SSSR count). The molecular formula is C38H72CaO7. The van der Waals surface area contributed by atoms with Crippen LogP contribution in [0.15, 0.2) is 24.3 Å². The number of carbonyl (C=O) groups is 2. The van der Waals surface area contributed by atoms with Gasteiger partial charge in [-0.05, 0) is 84.0 Å². The van der Waals surface area contributed by atoms with Crippen LogP contribution in [0.1, 0.15) is 188 Å². The fourth-order valence-corrected chi connectivity index (χ4v) is 4.72. The van der Waals surface area contributed by atoms with Crippen molar-refractivity contribution in [2.45, 2.75) is 200 Å². The van der Waals surface area contributed by atoms with Crippen molar-refractivity contribution in [2.24, 2.45) is 0 Å². The molecule has 0 fully saturated rings. The van der Waals surface area contributed by atoms with Gasteiger partial charge in [-0.3, -0.25) is 0 Å². The Kier molecular flexibility index (Phi) is 53.1. The summed E-state index contributed by atoms with van der Waals surface area (Å²) in [6.07, 6.45) is 34.0. The Balaban J connectivity index is -0.000000346. The first-order valence-corrected chi connectivity index (χ1v) is 18.4. The van der Waals surface area contributed by atoms with Crippen molar-refractivity contribution in [1.82, 2.24) is 0 Å². The smallest absolute Gasteiger partial charge is 0.550 e. The molecule has 0 aliphatic rings. The van der Waals surface area contributed by atoms with Gasteiger partial charge in [0.05, 0.1) is 12.2 Å². The summed E-state index contributed by atoms with van der Waals surface area (Å²) in [5.74, 6) is -1.88. The molecular weight excluding hydrogens is 608 g/mol. The minimum absolute atomic E-state index is 0. The number of hydrogen-bond acceptors (Lipinski definition) is 7. The number of aliphatic carboxylic acids is 2. The molecule has 0 saturated carbocycles. The number of unbranched alkanes of at least 4 members (excludes halogenated alkanes) is 16. The molecule has 46 heavy (non-hydrogen) atoms. The molecule has 268 valence electrons. The SMILES string of the molecule is CCCCCCC(O)C/C=C\CCCCCCCC(=O)[O-].CCCCCCC(O)C/C=C\CCCCCCCC(=O)[O-].CCO.[Ca+2]. The van der Waals surface area contributed by atoms with E-state index in [1.165, 1.54) is 38.5 Å². The van der Waals surface area contributed by atoms with E-state index in [0.717, 1.165) is 116 Å². The van der Waals surface area contributed by atoms with Gasteiger partial charge in [0.25, 0.3) is 0 Å². The largest absolute Gasteiger partial charge is 2.00 e. The van der Waals surface area contributed by atoms with Crippen molar-refractivity contribution >= 4 is 49.7 Å². The van der Waals surface area contributed by atoms with Crippen molar-refractivity contribution in [1.29, 1.82) is 0 Å². The number of allylic oxidation sites excluding steroid dienone is 2. The van der Waals surface area contributed by atoms with E-state index >= 15 is 0 Å². The summed E-state index contributed by atoms with van der Waals surface area (Å²) in [4.78, 5) is 20.4. The third kappa shape index (κ3) is 55.9. The second-order valence-electron chi connectivity index (χ2n) is 12.1. The van der Waals surface area contributed by atoms with Gasteiger partial charge in [-0.25, -0.2) is 0 Å². The molecule has 0 aromatic carbocycles. The van der Waals surface area contributed by atoms with Gasteiger partial charge in [-0.1, -0.05) is 128 Å². The fourth-order valence-electron chi connectivity index (χ4n) is 4.72. The maximum atomic E-state index is 10.2. The average molecular weight is 681 g/mol. The van der Waals surface area contributed by atoms with Crippen molar-refractivity contribution in [3.63, 3.8) is 0 Å². The zero-order chi connectivity index (χ0) is 34.2. The van der Waals surface area contributed by atoms with Crippen LogP contribution < -0.4 is 10.2 Å². The summed E-state index contributed by atoms with van der Waals surface area (Å²) in [6.45, 7) is 6.32. The number of hydrogen-bond donors (Lipinski definition) is 3. The molecule has 0 aromatic heterocycles. The normalized spacial score (nSPS) is 12.1. The van der Waals surface area contributed by atoms with E-state index in [1.54, 1.807) is 6.92 Å². The number of carboxylic acids is 2. The van der Waals surface area contributed by atoms with Crippen molar-refractivity contribution in [3.8, 4) is 0 Å². The molecule has 2 atom stereocenters. The van der Waals surface area contributed by atoms with E-state index in [0.29, 0.717) is 0 Å². The van der Waals surface area contributed by atoms with Crippen LogP contribution in [0.5, 0.6) is 0 Å². The van der Waals surface area contributed by atoms with Crippen LogP contribution in [-0.2, 0) is 9.59 Å². The maximum absolute atomic E-state index is 10.2. The van der Waals surface area contributed by atoms with Crippen molar-refractivity contribution in [2.75, 3.05) is 6.61 Å². The van der Waals surface area contributed by atoms with Gasteiger partial charge in [0, 0.05) is 18.5 Å². The molecule has 0 saturated heterocycles. The van der Waals surface area contributed by atoms with E-state index in [-0.39, 0.29) is 69.4 Å². The summed E-state index contributed by atoms with van der Waals surface area (Å²) in [7, 11) is 0. The minimum atomic E-state index is -0.939. The monoisotopic (exact) mass is 680 g/mol. The van der Waals surface area contributed by atoms with Gasteiger partial charge in [-0.2, -0.15) is 0 Å². The predicted molar refractivity (Wildman–Crippen MR) is 190 cm³/mol. The average Bonchev–Trinajstić information content (AvgIpc) is 3.00. The number of rotatable bonds is 30. The molecule has 0 bridgehead atoms. The second-order valence-corrected chi connectivity index (χ2v) is 12.1. The van der Waals surface area contributed by atoms with E-state index < -0.39 is 11.9 Å². The quantitative estimate of drug-likeness (QED) is 0.0417. The third-order valence-corrected chi connectivity index (χ3v) is 7.43. The number of aliphatic hydroxyl groups is 3. The number of carboxylic acid groups (broad SMARTS) is 2. The molecule has 0 radical (unpaired) electrons. The Morgan fingerprint density at radius 1 is 0.522 bits per heavy atom. The maximum Gasteiger partial charge on any atom is 2.00 e. The topological polar surface area (TPSA) is 141 Å². The van der Waals surface area contributed by atoms with Crippen molar-refractivity contribution in [3.05, 3.63) is 24.3 Å². The molecule has 0 amide bonds. The van der Waals surface area contributed by atoms with E-state index in [4.69, 9.17) is 5.11 Å². The summed E-state index contributed by atoms with van der Waals surface area (Å²) >= 11 is 0. The number of carbonyl (C=O) groups excluding carboxylic acids is 2. The van der Waals surface area contributed by atoms with Gasteiger partial charge in [0.2, 0.25) is 0 Å². The van der Waals surface area contributed by atoms with E-state index in [2.05, 4.69) is 38.2 Å². The zero-order valence-electron chi connectivity index (χ0n) is 30.2. The van der Waals surface area contributed by atoms with Crippen LogP contribution in [0.2, 0.25) is 0 Å². The Morgan fingerprint density at radius 2 is 0.826 bits per heavy atom. The standard InChI is InChI=1S/2C18H34O3.C2H6O.Ca/c2*1-2-3-4-11-14-17(19)15-12-9-7-5-6-8-10-13-16-18(20)21;1-2-3;/h2*9,12,17,19H,2-8,10-11,13-16H2,1H3,(H,20,21);3H,2H2,1H3;/q;;;+2/p-2/b2*12-9-;;. The second kappa shape index (κ2) is 46.7. The van der Waals surface area contributed by atoms with E-state index in [1.807, 2.05) is 0 Å². The molecule has 0 spiro atoms. The van der Waals surface area contributed by atoms with Crippen LogP contribution >= 0.6 is 0 Å². The molecule has 0 heterocycles. The summed E-state index contributed by atoms with van der Waals surface area (Å²) in [6, 6.07) is 0. The van der Waals surface area contributed by atoms with Gasteiger partial charge in [0.1, 0.15) is 0 Å². The molecule has 8 heteroatoms. The summed E-state index contributed by atoms with van der Waals surface area (Å²) in [5, 5.41) is 47.6. The first kappa shape index (κ1) is 52.4. The van der Waals surface area contributed by atoms with Gasteiger partial charge >= 0.3 is 37.7 Å². The van der Waals surface area contributed by atoms with Crippen LogP contribution in [0.3, 0.4) is 0 Å². The fraction of sp³-hybridized carbons (Fsp3) is 0.842. The third-order valence-electron chi connectivity index (χ3n) is 7.43. The Labute approximate surface area is 313 Å². The Bertz CT molecular complexity index is 601. The molecule has 2 unspecified atom stereocenters. The predicted octanol–water partition coefficient (Wildman–Crippen LogP) is 7.11. The molecule has 0 aliphatic carbocycles. The minimum Gasteiger partial charge on any atom is -0.550 e.